The molecule has 2 heterocycles. The molecule has 32 heavy (non-hydrogen) atoms. The zero-order valence-electron chi connectivity index (χ0n) is 17.4. The average molecular weight is 448 g/mol. The topological polar surface area (TPSA) is 48.1 Å². The summed E-state index contributed by atoms with van der Waals surface area (Å²) in [5.74, 6) is -0.299. The molecule has 3 aromatic carbocycles. The maximum atomic E-state index is 13.6. The Balaban J connectivity index is 1.46. The van der Waals surface area contributed by atoms with Gasteiger partial charge in [0.05, 0.1) is 6.04 Å². The van der Waals surface area contributed by atoms with Crippen molar-refractivity contribution in [2.24, 2.45) is 0 Å². The van der Waals surface area contributed by atoms with Crippen LogP contribution in [-0.4, -0.2) is 29.0 Å². The summed E-state index contributed by atoms with van der Waals surface area (Å²) in [4.78, 5) is 18.6. The summed E-state index contributed by atoms with van der Waals surface area (Å²) in [7, 11) is 0. The van der Waals surface area contributed by atoms with E-state index >= 15 is 0 Å². The number of fused-ring (bicyclic) bond motifs is 3. The molecule has 6 heteroatoms. The van der Waals surface area contributed by atoms with E-state index in [9.17, 15) is 9.18 Å². The lowest BCUT2D eigenvalue weighted by molar-refractivity contribution is 0.179. The van der Waals surface area contributed by atoms with Crippen LogP contribution in [0.5, 0.6) is 0 Å². The molecule has 4 aromatic rings. The van der Waals surface area contributed by atoms with Crippen molar-refractivity contribution in [1.29, 1.82) is 0 Å². The molecule has 0 fully saturated rings. The van der Waals surface area contributed by atoms with Crippen LogP contribution in [0.1, 0.15) is 28.4 Å². The van der Waals surface area contributed by atoms with Crippen molar-refractivity contribution in [2.75, 3.05) is 13.1 Å². The van der Waals surface area contributed by atoms with Gasteiger partial charge in [0.1, 0.15) is 5.82 Å². The molecule has 0 saturated carbocycles. The molecular weight excluding hydrogens is 425 g/mol. The smallest absolute Gasteiger partial charge is 0.318 e. The molecule has 1 aromatic heterocycles. The summed E-state index contributed by atoms with van der Waals surface area (Å²) in [6.07, 6.45) is 1.48. The highest BCUT2D eigenvalue weighted by Crippen LogP contribution is 2.39. The van der Waals surface area contributed by atoms with Gasteiger partial charge in [-0.3, -0.25) is 0 Å². The number of aromatic amines is 1. The molecule has 2 N–H and O–H groups in total. The molecule has 2 amide bonds. The van der Waals surface area contributed by atoms with Crippen LogP contribution in [-0.2, 0) is 12.8 Å². The number of carbonyl (C=O) groups excluding carboxylic acids is 1. The number of H-pyrrole nitrogens is 1. The van der Waals surface area contributed by atoms with Gasteiger partial charge in [0.25, 0.3) is 0 Å². The highest BCUT2D eigenvalue weighted by Gasteiger charge is 2.34. The first-order chi connectivity index (χ1) is 15.6. The van der Waals surface area contributed by atoms with E-state index < -0.39 is 0 Å². The highest BCUT2D eigenvalue weighted by atomic mass is 35.5. The van der Waals surface area contributed by atoms with Crippen LogP contribution >= 0.6 is 11.6 Å². The number of carbonyl (C=O) groups is 1. The Morgan fingerprint density at radius 2 is 1.88 bits per heavy atom. The lowest BCUT2D eigenvalue weighted by Crippen LogP contribution is -2.46. The SMILES string of the molecule is O=C(NCCc1ccccc1)N1CCc2c([nH]c3ccc(Cl)cc23)[C@H]1c1ccc(F)cc1. The lowest BCUT2D eigenvalue weighted by atomic mass is 9.92. The van der Waals surface area contributed by atoms with E-state index in [2.05, 4.69) is 22.4 Å². The van der Waals surface area contributed by atoms with Gasteiger partial charge >= 0.3 is 6.03 Å². The predicted octanol–water partition coefficient (Wildman–Crippen LogP) is 5.86. The molecular formula is C26H23ClFN3O. The maximum absolute atomic E-state index is 13.6. The van der Waals surface area contributed by atoms with Crippen LogP contribution in [0.2, 0.25) is 5.02 Å². The molecule has 5 rings (SSSR count). The largest absolute Gasteiger partial charge is 0.356 e. The Kier molecular flexibility index (Phi) is 5.58. The fourth-order valence-corrected chi connectivity index (χ4v) is 4.70. The summed E-state index contributed by atoms with van der Waals surface area (Å²) < 4.78 is 13.6. The monoisotopic (exact) mass is 447 g/mol. The first-order valence-electron chi connectivity index (χ1n) is 10.7. The van der Waals surface area contributed by atoms with Crippen molar-refractivity contribution >= 4 is 28.5 Å². The summed E-state index contributed by atoms with van der Waals surface area (Å²) >= 11 is 6.25. The van der Waals surface area contributed by atoms with E-state index in [1.54, 1.807) is 12.1 Å². The van der Waals surface area contributed by atoms with Crippen LogP contribution in [0.3, 0.4) is 0 Å². The van der Waals surface area contributed by atoms with Crippen molar-refractivity contribution in [1.82, 2.24) is 15.2 Å². The molecule has 0 spiro atoms. The molecule has 1 aliphatic heterocycles. The number of halogens is 2. The fourth-order valence-electron chi connectivity index (χ4n) is 4.53. The summed E-state index contributed by atoms with van der Waals surface area (Å²) in [5, 5.41) is 4.82. The Morgan fingerprint density at radius 1 is 1.09 bits per heavy atom. The maximum Gasteiger partial charge on any atom is 0.318 e. The number of urea groups is 1. The average Bonchev–Trinajstić information content (AvgIpc) is 3.17. The minimum atomic E-state index is -0.331. The van der Waals surface area contributed by atoms with Crippen molar-refractivity contribution in [3.63, 3.8) is 0 Å². The minimum Gasteiger partial charge on any atom is -0.356 e. The normalized spacial score (nSPS) is 15.6. The molecule has 1 atom stereocenters. The van der Waals surface area contributed by atoms with Gasteiger partial charge < -0.3 is 15.2 Å². The zero-order chi connectivity index (χ0) is 22.1. The molecule has 1 aliphatic rings. The number of rotatable bonds is 4. The molecule has 162 valence electrons. The minimum absolute atomic E-state index is 0.127. The molecule has 0 radical (unpaired) electrons. The quantitative estimate of drug-likeness (QED) is 0.404. The third kappa shape index (κ3) is 3.96. The second-order valence-corrected chi connectivity index (χ2v) is 8.51. The summed E-state index contributed by atoms with van der Waals surface area (Å²) in [5.41, 5.74) is 5.14. The zero-order valence-corrected chi connectivity index (χ0v) is 18.2. The first-order valence-corrected chi connectivity index (χ1v) is 11.1. The van der Waals surface area contributed by atoms with Gasteiger partial charge in [-0.1, -0.05) is 54.1 Å². The van der Waals surface area contributed by atoms with Crippen molar-refractivity contribution in [3.8, 4) is 0 Å². The molecule has 0 unspecified atom stereocenters. The van der Waals surface area contributed by atoms with Gasteiger partial charge in [-0.05, 0) is 59.9 Å². The summed E-state index contributed by atoms with van der Waals surface area (Å²) in [6, 6.07) is 21.8. The number of amides is 2. The number of nitrogens with zero attached hydrogens (tertiary/aromatic N) is 1. The Morgan fingerprint density at radius 3 is 2.66 bits per heavy atom. The Bertz CT molecular complexity index is 1250. The number of aromatic nitrogens is 1. The Labute approximate surface area is 191 Å². The van der Waals surface area contributed by atoms with Crippen LogP contribution < -0.4 is 5.32 Å². The van der Waals surface area contributed by atoms with Crippen LogP contribution in [0.25, 0.3) is 10.9 Å². The number of hydrogen-bond donors (Lipinski definition) is 2. The van der Waals surface area contributed by atoms with E-state index in [-0.39, 0.29) is 17.9 Å². The molecule has 0 aliphatic carbocycles. The molecule has 0 saturated heterocycles. The van der Waals surface area contributed by atoms with Gasteiger partial charge in [0.15, 0.2) is 0 Å². The number of nitrogens with one attached hydrogen (secondary N) is 2. The molecule has 4 nitrogen and oxygen atoms in total. The van der Waals surface area contributed by atoms with Crippen molar-refractivity contribution in [3.05, 3.63) is 106 Å². The predicted molar refractivity (Wildman–Crippen MR) is 126 cm³/mol. The fraction of sp³-hybridized carbons (Fsp3) is 0.192. The van der Waals surface area contributed by atoms with Crippen LogP contribution in [0.4, 0.5) is 9.18 Å². The van der Waals surface area contributed by atoms with E-state index in [0.29, 0.717) is 18.1 Å². The van der Waals surface area contributed by atoms with Gasteiger partial charge in [0.2, 0.25) is 0 Å². The number of benzene rings is 3. The highest BCUT2D eigenvalue weighted by molar-refractivity contribution is 6.31. The van der Waals surface area contributed by atoms with Gasteiger partial charge in [-0.15, -0.1) is 0 Å². The molecule has 0 bridgehead atoms. The van der Waals surface area contributed by atoms with E-state index in [1.165, 1.54) is 17.7 Å². The van der Waals surface area contributed by atoms with E-state index in [0.717, 1.165) is 40.6 Å². The third-order valence-electron chi connectivity index (χ3n) is 6.07. The lowest BCUT2D eigenvalue weighted by Gasteiger charge is -2.36. The van der Waals surface area contributed by atoms with E-state index in [1.807, 2.05) is 41.3 Å². The van der Waals surface area contributed by atoms with Gasteiger partial charge in [-0.25, -0.2) is 9.18 Å². The van der Waals surface area contributed by atoms with Gasteiger partial charge in [0, 0.05) is 34.7 Å². The first kappa shape index (κ1) is 20.6. The van der Waals surface area contributed by atoms with Crippen molar-refractivity contribution in [2.45, 2.75) is 18.9 Å². The van der Waals surface area contributed by atoms with Crippen molar-refractivity contribution < 1.29 is 9.18 Å². The van der Waals surface area contributed by atoms with Gasteiger partial charge in [-0.2, -0.15) is 0 Å². The van der Waals surface area contributed by atoms with E-state index in [4.69, 9.17) is 11.6 Å². The third-order valence-corrected chi connectivity index (χ3v) is 6.30. The van der Waals surface area contributed by atoms with Crippen LogP contribution in [0.15, 0.2) is 72.8 Å². The second-order valence-electron chi connectivity index (χ2n) is 8.07. The second kappa shape index (κ2) is 8.67. The Hall–Kier alpha value is -3.31. The summed E-state index contributed by atoms with van der Waals surface area (Å²) in [6.45, 7) is 1.11. The van der Waals surface area contributed by atoms with Crippen LogP contribution in [0, 0.1) is 5.82 Å². The standard InChI is InChI=1S/C26H23ClFN3O/c27-19-8-11-23-22(16-19)21-13-15-31(26(32)29-14-12-17-4-2-1-3-5-17)25(24(21)30-23)18-6-9-20(28)10-7-18/h1-11,16,25,30H,12-15H2,(H,29,32)/t25-/m1/s1. The number of hydrogen-bond acceptors (Lipinski definition) is 1.